The van der Waals surface area contributed by atoms with E-state index < -0.39 is 6.03 Å². The summed E-state index contributed by atoms with van der Waals surface area (Å²) in [5.74, 6) is 0.367. The first-order valence-corrected chi connectivity index (χ1v) is 8.08. The van der Waals surface area contributed by atoms with Crippen LogP contribution in [0.5, 0.6) is 5.75 Å². The van der Waals surface area contributed by atoms with Crippen LogP contribution in [0.15, 0.2) is 59.6 Å². The van der Waals surface area contributed by atoms with Crippen molar-refractivity contribution in [3.05, 3.63) is 65.2 Å². The minimum Gasteiger partial charge on any atom is -0.487 e. The number of amides is 2. The highest BCUT2D eigenvalue weighted by Crippen LogP contribution is 2.32. The van der Waals surface area contributed by atoms with Crippen LogP contribution in [0.1, 0.15) is 5.56 Å². The Morgan fingerprint density at radius 3 is 2.83 bits per heavy atom. The summed E-state index contributed by atoms with van der Waals surface area (Å²) in [4.78, 5) is 12.4. The molecule has 2 aromatic rings. The van der Waals surface area contributed by atoms with E-state index in [1.807, 2.05) is 24.3 Å². The summed E-state index contributed by atoms with van der Waals surface area (Å²) >= 11 is 7.62. The van der Waals surface area contributed by atoms with Crippen molar-refractivity contribution in [2.75, 3.05) is 16.2 Å². The topological polar surface area (TPSA) is 65.4 Å². The van der Waals surface area contributed by atoms with Crippen molar-refractivity contribution in [1.29, 1.82) is 5.26 Å². The highest BCUT2D eigenvalue weighted by atomic mass is 79.9. The SMILES string of the molecule is C=CCOc1cc(C#N)ccc1N(S)C(=O)Nc1ccccc1Br. The van der Waals surface area contributed by atoms with E-state index in [2.05, 4.69) is 40.6 Å². The standard InChI is InChI=1S/C17H14BrN3O2S/c1-2-9-23-16-10-12(11-19)7-8-15(16)21(24)17(22)20-14-6-4-3-5-13(14)18/h2-8,10,24H,1,9H2,(H,20,22). The fraction of sp³-hybridized carbons (Fsp3) is 0.0588. The molecule has 0 fully saturated rings. The number of nitrogens with zero attached hydrogens (tertiary/aromatic N) is 2. The molecule has 2 rings (SSSR count). The van der Waals surface area contributed by atoms with Gasteiger partial charge in [-0.25, -0.2) is 9.10 Å². The van der Waals surface area contributed by atoms with Crippen molar-refractivity contribution in [1.82, 2.24) is 0 Å². The monoisotopic (exact) mass is 403 g/mol. The fourth-order valence-corrected chi connectivity index (χ4v) is 2.46. The molecule has 2 amide bonds. The molecule has 24 heavy (non-hydrogen) atoms. The minimum absolute atomic E-state index is 0.245. The van der Waals surface area contributed by atoms with Crippen molar-refractivity contribution in [2.45, 2.75) is 0 Å². The third kappa shape index (κ3) is 4.31. The molecule has 7 heteroatoms. The summed E-state index contributed by atoms with van der Waals surface area (Å²) in [5, 5.41) is 11.8. The number of ether oxygens (including phenoxy) is 1. The summed E-state index contributed by atoms with van der Waals surface area (Å²) in [6, 6.07) is 13.5. The Balaban J connectivity index is 2.26. The van der Waals surface area contributed by atoms with Crippen LogP contribution in [0.3, 0.4) is 0 Å². The molecular formula is C17H14BrN3O2S. The molecule has 0 atom stereocenters. The van der Waals surface area contributed by atoms with E-state index in [1.165, 1.54) is 0 Å². The second-order valence-corrected chi connectivity index (χ2v) is 5.87. The smallest absolute Gasteiger partial charge is 0.336 e. The fourth-order valence-electron chi connectivity index (χ4n) is 1.86. The number of urea groups is 1. The average molecular weight is 404 g/mol. The lowest BCUT2D eigenvalue weighted by Gasteiger charge is -2.20. The van der Waals surface area contributed by atoms with Crippen LogP contribution in [0.25, 0.3) is 0 Å². The summed E-state index contributed by atoms with van der Waals surface area (Å²) in [6.45, 7) is 3.83. The Morgan fingerprint density at radius 2 is 2.17 bits per heavy atom. The van der Waals surface area contributed by atoms with Gasteiger partial charge in [-0.05, 0) is 40.2 Å². The zero-order valence-corrected chi connectivity index (χ0v) is 15.0. The summed E-state index contributed by atoms with van der Waals surface area (Å²) in [7, 11) is 0. The average Bonchev–Trinajstić information content (AvgIpc) is 2.60. The molecule has 0 aliphatic heterocycles. The zero-order chi connectivity index (χ0) is 17.5. The molecule has 0 aliphatic rings. The third-order valence-corrected chi connectivity index (χ3v) is 4.07. The number of para-hydroxylation sites is 1. The number of thiol groups is 1. The largest absolute Gasteiger partial charge is 0.487 e. The predicted molar refractivity (Wildman–Crippen MR) is 101 cm³/mol. The van der Waals surface area contributed by atoms with Gasteiger partial charge in [0.05, 0.1) is 23.0 Å². The number of nitriles is 1. The maximum atomic E-state index is 12.4. The molecule has 0 spiro atoms. The van der Waals surface area contributed by atoms with Gasteiger partial charge >= 0.3 is 6.03 Å². The van der Waals surface area contributed by atoms with Crippen molar-refractivity contribution in [3.63, 3.8) is 0 Å². The number of rotatable bonds is 5. The number of hydrogen-bond donors (Lipinski definition) is 2. The van der Waals surface area contributed by atoms with Crippen LogP contribution >= 0.6 is 28.7 Å². The first-order valence-electron chi connectivity index (χ1n) is 6.89. The quantitative estimate of drug-likeness (QED) is 0.558. The van der Waals surface area contributed by atoms with Crippen LogP contribution in [0.4, 0.5) is 16.2 Å². The molecule has 0 unspecified atom stereocenters. The first kappa shape index (κ1) is 17.9. The van der Waals surface area contributed by atoms with Crippen LogP contribution < -0.4 is 14.4 Å². The van der Waals surface area contributed by atoms with Crippen molar-refractivity contribution in [2.24, 2.45) is 0 Å². The Labute approximate surface area is 154 Å². The second-order valence-electron chi connectivity index (χ2n) is 4.62. The van der Waals surface area contributed by atoms with Gasteiger partial charge in [-0.1, -0.05) is 37.6 Å². The second kappa shape index (κ2) is 8.43. The number of nitrogens with one attached hydrogen (secondary N) is 1. The van der Waals surface area contributed by atoms with Crippen LogP contribution in [0.2, 0.25) is 0 Å². The van der Waals surface area contributed by atoms with Gasteiger partial charge in [-0.3, -0.25) is 0 Å². The van der Waals surface area contributed by atoms with Gasteiger partial charge in [0.25, 0.3) is 0 Å². The molecule has 0 saturated carbocycles. The molecule has 122 valence electrons. The van der Waals surface area contributed by atoms with Gasteiger partial charge in [0.1, 0.15) is 12.4 Å². The number of benzene rings is 2. The van der Waals surface area contributed by atoms with E-state index in [9.17, 15) is 4.79 Å². The Hall–Kier alpha value is -2.43. The Bertz CT molecular complexity index is 805. The molecule has 0 radical (unpaired) electrons. The highest BCUT2D eigenvalue weighted by Gasteiger charge is 2.18. The van der Waals surface area contributed by atoms with Gasteiger partial charge in [-0.2, -0.15) is 5.26 Å². The lowest BCUT2D eigenvalue weighted by Crippen LogP contribution is -2.27. The lowest BCUT2D eigenvalue weighted by molar-refractivity contribution is 0.260. The van der Waals surface area contributed by atoms with E-state index in [-0.39, 0.29) is 6.61 Å². The molecule has 5 nitrogen and oxygen atoms in total. The van der Waals surface area contributed by atoms with Gasteiger partial charge in [0.2, 0.25) is 0 Å². The lowest BCUT2D eigenvalue weighted by atomic mass is 10.2. The number of carbonyl (C=O) groups is 1. The van der Waals surface area contributed by atoms with E-state index in [0.717, 1.165) is 8.78 Å². The first-order chi connectivity index (χ1) is 11.6. The highest BCUT2D eigenvalue weighted by molar-refractivity contribution is 9.10. The molecule has 2 aromatic carbocycles. The van der Waals surface area contributed by atoms with Crippen molar-refractivity contribution < 1.29 is 9.53 Å². The molecule has 0 heterocycles. The maximum absolute atomic E-state index is 12.4. The van der Waals surface area contributed by atoms with E-state index >= 15 is 0 Å². The van der Waals surface area contributed by atoms with E-state index in [4.69, 9.17) is 10.00 Å². The zero-order valence-electron chi connectivity index (χ0n) is 12.6. The van der Waals surface area contributed by atoms with E-state index in [0.29, 0.717) is 22.7 Å². The normalized spacial score (nSPS) is 9.71. The third-order valence-electron chi connectivity index (χ3n) is 2.98. The Morgan fingerprint density at radius 1 is 1.42 bits per heavy atom. The number of carbonyl (C=O) groups excluding carboxylic acids is 1. The van der Waals surface area contributed by atoms with Gasteiger partial charge in [-0.15, -0.1) is 0 Å². The Kier molecular flexibility index (Phi) is 6.29. The molecule has 0 saturated heterocycles. The summed E-state index contributed by atoms with van der Waals surface area (Å²) in [6.07, 6.45) is 1.58. The molecule has 0 aliphatic carbocycles. The van der Waals surface area contributed by atoms with Gasteiger partial charge in [0.15, 0.2) is 0 Å². The molecule has 0 aromatic heterocycles. The molecular weight excluding hydrogens is 390 g/mol. The van der Waals surface area contributed by atoms with E-state index in [1.54, 1.807) is 30.3 Å². The van der Waals surface area contributed by atoms with Crippen molar-refractivity contribution >= 4 is 46.2 Å². The number of anilines is 2. The maximum Gasteiger partial charge on any atom is 0.336 e. The van der Waals surface area contributed by atoms with Crippen LogP contribution in [0, 0.1) is 11.3 Å². The summed E-state index contributed by atoms with van der Waals surface area (Å²) < 4.78 is 7.40. The minimum atomic E-state index is -0.460. The predicted octanol–water partition coefficient (Wildman–Crippen LogP) is 4.77. The van der Waals surface area contributed by atoms with Crippen molar-refractivity contribution in [3.8, 4) is 11.8 Å². The molecule has 0 bridgehead atoms. The molecule has 1 N–H and O–H groups in total. The number of hydrogen-bond acceptors (Lipinski definition) is 4. The summed E-state index contributed by atoms with van der Waals surface area (Å²) in [5.41, 5.74) is 1.46. The van der Waals surface area contributed by atoms with Gasteiger partial charge < -0.3 is 10.1 Å². The van der Waals surface area contributed by atoms with Crippen LogP contribution in [-0.2, 0) is 0 Å². The van der Waals surface area contributed by atoms with Crippen LogP contribution in [-0.4, -0.2) is 12.6 Å². The number of halogens is 1. The van der Waals surface area contributed by atoms with Gasteiger partial charge in [0, 0.05) is 10.5 Å².